The number of aromatic hydroxyl groups is 1. The summed E-state index contributed by atoms with van der Waals surface area (Å²) in [6, 6.07) is 5.46. The van der Waals surface area contributed by atoms with Gasteiger partial charge in [-0.25, -0.2) is 0 Å². The molecule has 0 saturated carbocycles. The Bertz CT molecular complexity index is 477. The highest BCUT2D eigenvalue weighted by atomic mass is 79.9. The summed E-state index contributed by atoms with van der Waals surface area (Å²) in [5.74, 6) is 0.300. The lowest BCUT2D eigenvalue weighted by molar-refractivity contribution is 0.475. The van der Waals surface area contributed by atoms with Gasteiger partial charge < -0.3 is 5.11 Å². The lowest BCUT2D eigenvalue weighted by atomic mass is 10.1. The summed E-state index contributed by atoms with van der Waals surface area (Å²) in [5.41, 5.74) is 2.04. The quantitative estimate of drug-likeness (QED) is 0.844. The molecule has 0 aliphatic carbocycles. The van der Waals surface area contributed by atoms with Crippen LogP contribution in [0, 0.1) is 0 Å². The van der Waals surface area contributed by atoms with Crippen molar-refractivity contribution in [1.82, 2.24) is 4.98 Å². The summed E-state index contributed by atoms with van der Waals surface area (Å²) in [5, 5.41) is 10.5. The second-order valence-electron chi connectivity index (χ2n) is 3.18. The van der Waals surface area contributed by atoms with Crippen LogP contribution in [0.2, 0.25) is 0 Å². The van der Waals surface area contributed by atoms with Gasteiger partial charge in [0, 0.05) is 16.1 Å². The van der Waals surface area contributed by atoms with E-state index in [2.05, 4.69) is 27.8 Å². The van der Waals surface area contributed by atoms with Crippen LogP contribution in [-0.4, -0.2) is 10.1 Å². The van der Waals surface area contributed by atoms with Crippen LogP contribution in [0.3, 0.4) is 0 Å². The largest absolute Gasteiger partial charge is 0.508 e. The van der Waals surface area contributed by atoms with Crippen molar-refractivity contribution in [2.75, 3.05) is 0 Å². The first kappa shape index (κ1) is 9.46. The van der Waals surface area contributed by atoms with E-state index in [0.29, 0.717) is 5.75 Å². The molecule has 0 atom stereocenters. The predicted molar refractivity (Wildman–Crippen MR) is 60.5 cm³/mol. The van der Waals surface area contributed by atoms with E-state index in [9.17, 15) is 5.11 Å². The molecule has 0 saturated heterocycles. The Labute approximate surface area is 90.7 Å². The van der Waals surface area contributed by atoms with E-state index in [4.69, 9.17) is 0 Å². The fourth-order valence-electron chi connectivity index (χ4n) is 1.55. The van der Waals surface area contributed by atoms with Gasteiger partial charge in [-0.3, -0.25) is 4.98 Å². The Morgan fingerprint density at radius 2 is 2.14 bits per heavy atom. The molecule has 3 heteroatoms. The first-order chi connectivity index (χ1) is 6.70. The fourth-order valence-corrected chi connectivity index (χ4v) is 1.90. The number of halogens is 1. The van der Waals surface area contributed by atoms with Crippen LogP contribution in [0.15, 0.2) is 28.9 Å². The summed E-state index contributed by atoms with van der Waals surface area (Å²) in [6.07, 6.45) is 2.65. The molecule has 0 radical (unpaired) electrons. The zero-order chi connectivity index (χ0) is 10.1. The minimum atomic E-state index is 0.300. The molecule has 0 aliphatic heterocycles. The number of fused-ring (bicyclic) bond motifs is 1. The number of nitrogens with zero attached hydrogens (tertiary/aromatic N) is 1. The molecule has 0 bridgehead atoms. The molecule has 1 aromatic carbocycles. The Kier molecular flexibility index (Phi) is 2.42. The molecule has 1 heterocycles. The van der Waals surface area contributed by atoms with Crippen LogP contribution in [0.5, 0.6) is 5.75 Å². The van der Waals surface area contributed by atoms with Crippen molar-refractivity contribution in [3.63, 3.8) is 0 Å². The molecule has 72 valence electrons. The monoisotopic (exact) mass is 251 g/mol. The molecule has 2 aromatic rings. The van der Waals surface area contributed by atoms with Crippen LogP contribution < -0.4 is 0 Å². The van der Waals surface area contributed by atoms with E-state index < -0.39 is 0 Å². The summed E-state index contributed by atoms with van der Waals surface area (Å²) in [6.45, 7) is 2.05. The van der Waals surface area contributed by atoms with E-state index in [1.54, 1.807) is 18.3 Å². The molecule has 0 unspecified atom stereocenters. The van der Waals surface area contributed by atoms with Crippen LogP contribution in [-0.2, 0) is 6.42 Å². The zero-order valence-corrected chi connectivity index (χ0v) is 9.37. The van der Waals surface area contributed by atoms with Gasteiger partial charge in [-0.2, -0.15) is 0 Å². The van der Waals surface area contributed by atoms with Crippen LogP contribution in [0.25, 0.3) is 10.9 Å². The maximum absolute atomic E-state index is 9.49. The lowest BCUT2D eigenvalue weighted by Gasteiger charge is -2.04. The Morgan fingerprint density at radius 3 is 2.86 bits per heavy atom. The van der Waals surface area contributed by atoms with E-state index in [1.807, 2.05) is 6.07 Å². The Morgan fingerprint density at radius 1 is 1.36 bits per heavy atom. The zero-order valence-electron chi connectivity index (χ0n) is 7.79. The molecule has 0 spiro atoms. The highest BCUT2D eigenvalue weighted by Crippen LogP contribution is 2.25. The minimum Gasteiger partial charge on any atom is -0.508 e. The summed E-state index contributed by atoms with van der Waals surface area (Å²) in [7, 11) is 0. The molecular formula is C11H10BrNO. The van der Waals surface area contributed by atoms with E-state index in [-0.39, 0.29) is 0 Å². The molecule has 2 rings (SSSR count). The van der Waals surface area contributed by atoms with Gasteiger partial charge in [-0.1, -0.05) is 6.92 Å². The SMILES string of the molecule is CCc1cc(O)cc2cc(Br)cnc12. The standard InChI is InChI=1S/C11H10BrNO/c1-2-7-4-10(14)5-8-3-9(12)6-13-11(7)8/h3-6,14H,2H2,1H3. The highest BCUT2D eigenvalue weighted by molar-refractivity contribution is 9.10. The number of hydrogen-bond donors (Lipinski definition) is 1. The third-order valence-electron chi connectivity index (χ3n) is 2.19. The summed E-state index contributed by atoms with van der Waals surface area (Å²) >= 11 is 3.36. The summed E-state index contributed by atoms with van der Waals surface area (Å²) in [4.78, 5) is 4.33. The van der Waals surface area contributed by atoms with Crippen molar-refractivity contribution in [1.29, 1.82) is 0 Å². The average molecular weight is 252 g/mol. The number of phenolic OH excluding ortho intramolecular Hbond substituents is 1. The lowest BCUT2D eigenvalue weighted by Crippen LogP contribution is -1.87. The topological polar surface area (TPSA) is 33.1 Å². The van der Waals surface area contributed by atoms with Gasteiger partial charge in [0.25, 0.3) is 0 Å². The molecule has 14 heavy (non-hydrogen) atoms. The van der Waals surface area contributed by atoms with Crippen LogP contribution >= 0.6 is 15.9 Å². The predicted octanol–water partition coefficient (Wildman–Crippen LogP) is 3.27. The van der Waals surface area contributed by atoms with Gasteiger partial charge >= 0.3 is 0 Å². The Hall–Kier alpha value is -1.09. The van der Waals surface area contributed by atoms with Crippen molar-refractivity contribution in [3.8, 4) is 5.75 Å². The van der Waals surface area contributed by atoms with Crippen molar-refractivity contribution >= 4 is 26.8 Å². The van der Waals surface area contributed by atoms with E-state index >= 15 is 0 Å². The van der Waals surface area contributed by atoms with Crippen molar-refractivity contribution in [3.05, 3.63) is 34.4 Å². The van der Waals surface area contributed by atoms with Gasteiger partial charge in [-0.05, 0) is 46.1 Å². The number of aromatic nitrogens is 1. The second kappa shape index (κ2) is 3.58. The molecule has 1 N–H and O–H groups in total. The van der Waals surface area contributed by atoms with E-state index in [1.165, 1.54) is 0 Å². The smallest absolute Gasteiger partial charge is 0.116 e. The first-order valence-corrected chi connectivity index (χ1v) is 5.27. The van der Waals surface area contributed by atoms with Crippen molar-refractivity contribution in [2.45, 2.75) is 13.3 Å². The highest BCUT2D eigenvalue weighted by Gasteiger charge is 2.03. The maximum Gasteiger partial charge on any atom is 0.116 e. The third-order valence-corrected chi connectivity index (χ3v) is 2.63. The Balaban J connectivity index is 2.81. The first-order valence-electron chi connectivity index (χ1n) is 4.48. The maximum atomic E-state index is 9.49. The molecule has 2 nitrogen and oxygen atoms in total. The number of hydrogen-bond acceptors (Lipinski definition) is 2. The molecular weight excluding hydrogens is 242 g/mol. The second-order valence-corrected chi connectivity index (χ2v) is 4.10. The molecule has 0 amide bonds. The average Bonchev–Trinajstić information content (AvgIpc) is 2.15. The van der Waals surface area contributed by atoms with Gasteiger partial charge in [-0.15, -0.1) is 0 Å². The van der Waals surface area contributed by atoms with Gasteiger partial charge in [0.2, 0.25) is 0 Å². The molecule has 1 aromatic heterocycles. The molecule has 0 fully saturated rings. The number of aryl methyl sites for hydroxylation is 1. The van der Waals surface area contributed by atoms with Gasteiger partial charge in [0.05, 0.1) is 5.52 Å². The number of benzene rings is 1. The fraction of sp³-hybridized carbons (Fsp3) is 0.182. The minimum absolute atomic E-state index is 0.300. The van der Waals surface area contributed by atoms with Crippen molar-refractivity contribution < 1.29 is 5.11 Å². The normalized spacial score (nSPS) is 10.7. The van der Waals surface area contributed by atoms with Gasteiger partial charge in [0.1, 0.15) is 5.75 Å². The van der Waals surface area contributed by atoms with Crippen molar-refractivity contribution in [2.24, 2.45) is 0 Å². The van der Waals surface area contributed by atoms with E-state index in [0.717, 1.165) is 27.4 Å². The van der Waals surface area contributed by atoms with Gasteiger partial charge in [0.15, 0.2) is 0 Å². The third kappa shape index (κ3) is 1.60. The molecule has 0 aliphatic rings. The van der Waals surface area contributed by atoms with Crippen LogP contribution in [0.4, 0.5) is 0 Å². The van der Waals surface area contributed by atoms with Crippen LogP contribution in [0.1, 0.15) is 12.5 Å². The summed E-state index contributed by atoms with van der Waals surface area (Å²) < 4.78 is 0.928. The number of phenols is 1. The number of rotatable bonds is 1. The number of pyridine rings is 1.